The van der Waals surface area contributed by atoms with Crippen molar-refractivity contribution in [3.8, 4) is 0 Å². The Morgan fingerprint density at radius 1 is 1.20 bits per heavy atom. The van der Waals surface area contributed by atoms with Gasteiger partial charge in [0.15, 0.2) is 0 Å². The first-order valence-corrected chi connectivity index (χ1v) is 7.78. The van der Waals surface area contributed by atoms with E-state index in [0.29, 0.717) is 12.0 Å². The van der Waals surface area contributed by atoms with Crippen LogP contribution in [0.25, 0.3) is 11.0 Å². The monoisotopic (exact) mass is 269 g/mol. The number of hydrogen-bond acceptors (Lipinski definition) is 2. The Bertz CT molecular complexity index is 650. The van der Waals surface area contributed by atoms with Crippen molar-refractivity contribution in [3.63, 3.8) is 0 Å². The first-order chi connectivity index (χ1) is 9.54. The fourth-order valence-corrected chi connectivity index (χ4v) is 4.11. The summed E-state index contributed by atoms with van der Waals surface area (Å²) in [6.45, 7) is 6.85. The van der Waals surface area contributed by atoms with Crippen molar-refractivity contribution in [2.75, 3.05) is 0 Å². The van der Waals surface area contributed by atoms with E-state index < -0.39 is 0 Å². The summed E-state index contributed by atoms with van der Waals surface area (Å²) in [5.74, 6) is 1.87. The standard InChI is InChI=1S/C17H23N3/c1-17(2,3)20-15-7-5-4-6-14(15)19-16(20)12-10-11-8-9-13(12)18-11/h4-7,11-13,18H,8-10H2,1-3H3. The molecule has 2 aromatic rings. The zero-order chi connectivity index (χ0) is 13.9. The molecule has 0 radical (unpaired) electrons. The minimum absolute atomic E-state index is 0.0767. The highest BCUT2D eigenvalue weighted by atomic mass is 15.2. The second kappa shape index (κ2) is 4.08. The maximum Gasteiger partial charge on any atom is 0.115 e. The van der Waals surface area contributed by atoms with Gasteiger partial charge in [0.25, 0.3) is 0 Å². The largest absolute Gasteiger partial charge is 0.322 e. The van der Waals surface area contributed by atoms with Crippen molar-refractivity contribution in [3.05, 3.63) is 30.1 Å². The van der Waals surface area contributed by atoms with Crippen LogP contribution >= 0.6 is 0 Å². The molecule has 0 amide bonds. The normalized spacial score (nSPS) is 29.4. The summed E-state index contributed by atoms with van der Waals surface area (Å²) >= 11 is 0. The van der Waals surface area contributed by atoms with E-state index in [2.05, 4.69) is 54.9 Å². The maximum absolute atomic E-state index is 5.00. The molecule has 0 aliphatic carbocycles. The highest BCUT2D eigenvalue weighted by Gasteiger charge is 2.42. The van der Waals surface area contributed by atoms with Crippen molar-refractivity contribution >= 4 is 11.0 Å². The van der Waals surface area contributed by atoms with Gasteiger partial charge in [0, 0.05) is 23.5 Å². The Kier molecular flexibility index (Phi) is 2.53. The van der Waals surface area contributed by atoms with Gasteiger partial charge in [0.05, 0.1) is 11.0 Å². The summed E-state index contributed by atoms with van der Waals surface area (Å²) in [5.41, 5.74) is 2.49. The third-order valence-electron chi connectivity index (χ3n) is 4.89. The minimum atomic E-state index is 0.0767. The Hall–Kier alpha value is -1.35. The third kappa shape index (κ3) is 1.72. The Labute approximate surface area is 120 Å². The molecule has 106 valence electrons. The quantitative estimate of drug-likeness (QED) is 0.860. The van der Waals surface area contributed by atoms with E-state index >= 15 is 0 Å². The molecule has 3 unspecified atom stereocenters. The van der Waals surface area contributed by atoms with Crippen LogP contribution in [0.1, 0.15) is 51.8 Å². The molecule has 2 aliphatic rings. The highest BCUT2D eigenvalue weighted by Crippen LogP contribution is 2.41. The van der Waals surface area contributed by atoms with Gasteiger partial charge in [-0.1, -0.05) is 12.1 Å². The first kappa shape index (κ1) is 12.4. The Balaban J connectivity index is 1.90. The lowest BCUT2D eigenvalue weighted by molar-refractivity contribution is 0.367. The summed E-state index contributed by atoms with van der Waals surface area (Å²) < 4.78 is 2.47. The summed E-state index contributed by atoms with van der Waals surface area (Å²) in [6, 6.07) is 9.91. The number of rotatable bonds is 1. The zero-order valence-electron chi connectivity index (χ0n) is 12.6. The van der Waals surface area contributed by atoms with Gasteiger partial charge in [-0.05, 0) is 52.2 Å². The van der Waals surface area contributed by atoms with Crippen molar-refractivity contribution in [2.24, 2.45) is 0 Å². The molecule has 2 saturated heterocycles. The molecule has 1 aromatic carbocycles. The van der Waals surface area contributed by atoms with Crippen LogP contribution in [-0.2, 0) is 5.54 Å². The zero-order valence-corrected chi connectivity index (χ0v) is 12.6. The lowest BCUT2D eigenvalue weighted by Gasteiger charge is -2.29. The first-order valence-electron chi connectivity index (χ1n) is 7.78. The molecule has 3 heteroatoms. The van der Waals surface area contributed by atoms with Gasteiger partial charge in [-0.15, -0.1) is 0 Å². The topological polar surface area (TPSA) is 29.9 Å². The molecule has 0 spiro atoms. The Morgan fingerprint density at radius 2 is 2.00 bits per heavy atom. The van der Waals surface area contributed by atoms with E-state index in [1.54, 1.807) is 0 Å². The van der Waals surface area contributed by atoms with Crippen LogP contribution in [0.15, 0.2) is 24.3 Å². The van der Waals surface area contributed by atoms with Crippen molar-refractivity contribution < 1.29 is 0 Å². The molecule has 3 atom stereocenters. The lowest BCUT2D eigenvalue weighted by Crippen LogP contribution is -2.29. The van der Waals surface area contributed by atoms with Gasteiger partial charge in [-0.25, -0.2) is 4.98 Å². The number of nitrogens with one attached hydrogen (secondary N) is 1. The summed E-state index contributed by atoms with van der Waals surface area (Å²) in [4.78, 5) is 5.00. The molecule has 3 nitrogen and oxygen atoms in total. The number of para-hydroxylation sites is 2. The lowest BCUT2D eigenvalue weighted by atomic mass is 9.88. The number of benzene rings is 1. The van der Waals surface area contributed by atoms with E-state index in [9.17, 15) is 0 Å². The summed E-state index contributed by atoms with van der Waals surface area (Å²) in [6.07, 6.45) is 3.91. The summed E-state index contributed by atoms with van der Waals surface area (Å²) in [5, 5.41) is 3.75. The molecule has 2 aliphatic heterocycles. The van der Waals surface area contributed by atoms with Gasteiger partial charge < -0.3 is 9.88 Å². The van der Waals surface area contributed by atoms with Gasteiger partial charge in [-0.3, -0.25) is 0 Å². The molecule has 2 fully saturated rings. The predicted octanol–water partition coefficient (Wildman–Crippen LogP) is 3.40. The van der Waals surface area contributed by atoms with Crippen LogP contribution in [0.4, 0.5) is 0 Å². The number of aromatic nitrogens is 2. The fourth-order valence-electron chi connectivity index (χ4n) is 4.11. The van der Waals surface area contributed by atoms with Gasteiger partial charge in [0.2, 0.25) is 0 Å². The van der Waals surface area contributed by atoms with Gasteiger partial charge in [-0.2, -0.15) is 0 Å². The van der Waals surface area contributed by atoms with Crippen molar-refractivity contribution in [1.82, 2.24) is 14.9 Å². The number of fused-ring (bicyclic) bond motifs is 3. The molecule has 1 aromatic heterocycles. The minimum Gasteiger partial charge on any atom is -0.322 e. The molecular weight excluding hydrogens is 246 g/mol. The molecule has 4 rings (SSSR count). The highest BCUT2D eigenvalue weighted by molar-refractivity contribution is 5.76. The van der Waals surface area contributed by atoms with Crippen LogP contribution in [0.5, 0.6) is 0 Å². The van der Waals surface area contributed by atoms with E-state index in [-0.39, 0.29) is 5.54 Å². The van der Waals surface area contributed by atoms with Crippen molar-refractivity contribution in [2.45, 2.75) is 63.6 Å². The van der Waals surface area contributed by atoms with Gasteiger partial charge in [0.1, 0.15) is 5.82 Å². The maximum atomic E-state index is 5.00. The molecule has 20 heavy (non-hydrogen) atoms. The fraction of sp³-hybridized carbons (Fsp3) is 0.588. The average Bonchev–Trinajstić information content (AvgIpc) is 3.09. The number of hydrogen-bond donors (Lipinski definition) is 1. The predicted molar refractivity (Wildman–Crippen MR) is 82.0 cm³/mol. The average molecular weight is 269 g/mol. The molecule has 3 heterocycles. The summed E-state index contributed by atoms with van der Waals surface area (Å²) in [7, 11) is 0. The van der Waals surface area contributed by atoms with Crippen LogP contribution in [0, 0.1) is 0 Å². The number of nitrogens with zero attached hydrogens (tertiary/aromatic N) is 2. The second-order valence-electron chi connectivity index (χ2n) is 7.35. The van der Waals surface area contributed by atoms with E-state index in [1.807, 2.05) is 0 Å². The Morgan fingerprint density at radius 3 is 2.65 bits per heavy atom. The van der Waals surface area contributed by atoms with Crippen LogP contribution in [0.3, 0.4) is 0 Å². The van der Waals surface area contributed by atoms with Crippen LogP contribution < -0.4 is 5.32 Å². The van der Waals surface area contributed by atoms with Crippen molar-refractivity contribution in [1.29, 1.82) is 0 Å². The number of imidazole rings is 1. The molecular formula is C17H23N3. The molecule has 0 saturated carbocycles. The van der Waals surface area contributed by atoms with E-state index in [0.717, 1.165) is 11.6 Å². The van der Waals surface area contributed by atoms with Crippen LogP contribution in [-0.4, -0.2) is 21.6 Å². The van der Waals surface area contributed by atoms with Crippen LogP contribution in [0.2, 0.25) is 0 Å². The van der Waals surface area contributed by atoms with E-state index in [4.69, 9.17) is 4.98 Å². The molecule has 1 N–H and O–H groups in total. The smallest absolute Gasteiger partial charge is 0.115 e. The third-order valence-corrected chi connectivity index (χ3v) is 4.89. The second-order valence-corrected chi connectivity index (χ2v) is 7.35. The SMILES string of the molecule is CC(C)(C)n1c(C2CC3CCC2N3)nc2ccccc21. The van der Waals surface area contributed by atoms with Gasteiger partial charge >= 0.3 is 0 Å². The molecule has 2 bridgehead atoms. The van der Waals surface area contributed by atoms with E-state index in [1.165, 1.54) is 30.6 Å².